The number of aryl methyl sites for hydroxylation is 2. The van der Waals surface area contributed by atoms with Crippen molar-refractivity contribution in [2.45, 2.75) is 79.6 Å². The van der Waals surface area contributed by atoms with Gasteiger partial charge in [-0.1, -0.05) is 115 Å². The van der Waals surface area contributed by atoms with E-state index in [0.717, 1.165) is 56.0 Å². The summed E-state index contributed by atoms with van der Waals surface area (Å²) in [4.78, 5) is 4.92. The van der Waals surface area contributed by atoms with E-state index in [9.17, 15) is 0 Å². The minimum Gasteiger partial charge on any atom is -1.00 e. The highest BCUT2D eigenvalue weighted by Crippen LogP contribution is 2.41. The zero-order valence-corrected chi connectivity index (χ0v) is 36.8. The van der Waals surface area contributed by atoms with Crippen molar-refractivity contribution in [2.24, 2.45) is 0 Å². The Bertz CT molecular complexity index is 3010. The maximum absolute atomic E-state index is 7.06. The Labute approximate surface area is 360 Å². The quantitative estimate of drug-likeness (QED) is 0.143. The summed E-state index contributed by atoms with van der Waals surface area (Å²) in [7, 11) is 0. The Kier molecular flexibility index (Phi) is 10.7. The van der Waals surface area contributed by atoms with Gasteiger partial charge in [-0.25, -0.2) is 4.98 Å². The summed E-state index contributed by atoms with van der Waals surface area (Å²) < 4.78 is 14.0. The van der Waals surface area contributed by atoms with E-state index >= 15 is 0 Å². The number of imidazole rings is 1. The zero-order valence-electron chi connectivity index (χ0n) is 36.1. The molecule has 0 fully saturated rings. The molecule has 0 N–H and O–H groups in total. The molecule has 0 aliphatic rings. The summed E-state index contributed by atoms with van der Waals surface area (Å²) in [6.07, 6.45) is 4.17. The van der Waals surface area contributed by atoms with Gasteiger partial charge in [0.05, 0.1) is 11.0 Å². The minimum absolute atomic E-state index is 0. The van der Waals surface area contributed by atoms with Crippen molar-refractivity contribution in [1.82, 2.24) is 14.1 Å². The molecule has 0 spiro atoms. The van der Waals surface area contributed by atoms with Gasteiger partial charge in [0.15, 0.2) is 11.0 Å². The Morgan fingerprint density at radius 2 is 1.27 bits per heavy atom. The molecule has 9 aromatic rings. The van der Waals surface area contributed by atoms with Crippen LogP contribution in [0.1, 0.15) is 88.1 Å². The van der Waals surface area contributed by atoms with Gasteiger partial charge in [0.25, 0.3) is 6.33 Å². The van der Waals surface area contributed by atoms with Crippen LogP contribution in [-0.2, 0) is 5.41 Å². The van der Waals surface area contributed by atoms with E-state index in [2.05, 4.69) is 216 Å². The smallest absolute Gasteiger partial charge is 0.255 e. The summed E-state index contributed by atoms with van der Waals surface area (Å²) in [6, 6.07) is 48.1. The van der Waals surface area contributed by atoms with Crippen LogP contribution >= 0.6 is 0 Å². The summed E-state index contributed by atoms with van der Waals surface area (Å²) in [5.41, 5.74) is 15.4. The third-order valence-corrected chi connectivity index (χ3v) is 11.9. The van der Waals surface area contributed by atoms with Crippen LogP contribution in [0.3, 0.4) is 0 Å². The van der Waals surface area contributed by atoms with Gasteiger partial charge >= 0.3 is 0 Å². The molecule has 0 atom stereocenters. The third-order valence-electron chi connectivity index (χ3n) is 11.9. The SMILES string of the molecule is Cc1cccc(C)c1-[n+]1cn(-c2cc(Oc3ccc4c5ccccc5n(-c5cc(C(C)(C)C)ccn5)c4c3)cc(-c3c(C(C)C)cccc3C(C)C)c2)c2ccccc21.[Cl-]. The van der Waals surface area contributed by atoms with Crippen LogP contribution in [-0.4, -0.2) is 14.1 Å². The Hall–Kier alpha value is -6.17. The van der Waals surface area contributed by atoms with Gasteiger partial charge in [-0.3, -0.25) is 4.57 Å². The number of para-hydroxylation sites is 4. The average molecular weight is 809 g/mol. The molecule has 0 aliphatic carbocycles. The van der Waals surface area contributed by atoms with E-state index in [1.807, 2.05) is 6.20 Å². The second kappa shape index (κ2) is 15.8. The highest BCUT2D eigenvalue weighted by molar-refractivity contribution is 6.09. The first-order valence-electron chi connectivity index (χ1n) is 20.9. The number of pyridine rings is 1. The van der Waals surface area contributed by atoms with Crippen molar-refractivity contribution in [1.29, 1.82) is 0 Å². The maximum atomic E-state index is 7.06. The van der Waals surface area contributed by atoms with Crippen molar-refractivity contribution < 1.29 is 21.7 Å². The summed E-state index contributed by atoms with van der Waals surface area (Å²) in [5, 5.41) is 2.34. The molecule has 3 heterocycles. The van der Waals surface area contributed by atoms with Gasteiger partial charge in [-0.15, -0.1) is 0 Å². The Morgan fingerprint density at radius 1 is 0.617 bits per heavy atom. The van der Waals surface area contributed by atoms with Crippen molar-refractivity contribution in [2.75, 3.05) is 0 Å². The monoisotopic (exact) mass is 808 g/mol. The van der Waals surface area contributed by atoms with Crippen LogP contribution in [0.4, 0.5) is 0 Å². The average Bonchev–Trinajstić information content (AvgIpc) is 3.76. The van der Waals surface area contributed by atoms with Gasteiger partial charge in [-0.2, -0.15) is 9.13 Å². The highest BCUT2D eigenvalue weighted by atomic mass is 35.5. The number of halogens is 1. The number of aromatic nitrogens is 4. The molecule has 0 saturated carbocycles. The number of nitrogens with zero attached hydrogens (tertiary/aromatic N) is 4. The maximum Gasteiger partial charge on any atom is 0.255 e. The predicted molar refractivity (Wildman–Crippen MR) is 245 cm³/mol. The number of fused-ring (bicyclic) bond motifs is 4. The lowest BCUT2D eigenvalue weighted by Crippen LogP contribution is -3.00. The van der Waals surface area contributed by atoms with E-state index in [4.69, 9.17) is 9.72 Å². The molecule has 3 aromatic heterocycles. The molecule has 0 amide bonds. The van der Waals surface area contributed by atoms with Crippen LogP contribution in [0.2, 0.25) is 0 Å². The lowest BCUT2D eigenvalue weighted by molar-refractivity contribution is -0.568. The van der Waals surface area contributed by atoms with Gasteiger partial charge in [0.2, 0.25) is 0 Å². The van der Waals surface area contributed by atoms with Gasteiger partial charge < -0.3 is 17.1 Å². The number of benzene rings is 6. The molecular formula is C54H53ClN4O. The number of hydrogen-bond donors (Lipinski definition) is 0. The van der Waals surface area contributed by atoms with E-state index in [-0.39, 0.29) is 17.8 Å². The molecule has 6 aromatic carbocycles. The fourth-order valence-electron chi connectivity index (χ4n) is 8.90. The van der Waals surface area contributed by atoms with Crippen molar-refractivity contribution in [3.05, 3.63) is 174 Å². The first-order chi connectivity index (χ1) is 28.4. The molecule has 0 bridgehead atoms. The fraction of sp³-hybridized carbons (Fsp3) is 0.222. The number of hydrogen-bond acceptors (Lipinski definition) is 2. The van der Waals surface area contributed by atoms with Crippen LogP contribution in [0.25, 0.3) is 61.2 Å². The normalized spacial score (nSPS) is 11.9. The largest absolute Gasteiger partial charge is 1.00 e. The molecule has 60 heavy (non-hydrogen) atoms. The van der Waals surface area contributed by atoms with E-state index < -0.39 is 0 Å². The van der Waals surface area contributed by atoms with Gasteiger partial charge in [-0.05, 0) is 125 Å². The second-order valence-corrected chi connectivity index (χ2v) is 17.7. The lowest BCUT2D eigenvalue weighted by atomic mass is 9.85. The van der Waals surface area contributed by atoms with Crippen LogP contribution < -0.4 is 21.7 Å². The Balaban J connectivity index is 0.00000499. The second-order valence-electron chi connectivity index (χ2n) is 17.7. The molecule has 6 heteroatoms. The minimum atomic E-state index is -0.0138. The first-order valence-corrected chi connectivity index (χ1v) is 20.9. The Morgan fingerprint density at radius 3 is 1.97 bits per heavy atom. The topological polar surface area (TPSA) is 35.9 Å². The zero-order chi connectivity index (χ0) is 41.2. The summed E-state index contributed by atoms with van der Waals surface area (Å²) >= 11 is 0. The number of ether oxygens (including phenoxy) is 1. The van der Waals surface area contributed by atoms with Crippen molar-refractivity contribution >= 4 is 32.8 Å². The van der Waals surface area contributed by atoms with Crippen molar-refractivity contribution in [3.63, 3.8) is 0 Å². The van der Waals surface area contributed by atoms with E-state index in [1.165, 1.54) is 44.5 Å². The third kappa shape index (κ3) is 7.15. The van der Waals surface area contributed by atoms with E-state index in [1.54, 1.807) is 0 Å². The van der Waals surface area contributed by atoms with Crippen LogP contribution in [0.5, 0.6) is 11.5 Å². The molecule has 0 saturated heterocycles. The van der Waals surface area contributed by atoms with Crippen LogP contribution in [0.15, 0.2) is 146 Å². The highest BCUT2D eigenvalue weighted by Gasteiger charge is 2.25. The first kappa shape index (κ1) is 40.6. The lowest BCUT2D eigenvalue weighted by Gasteiger charge is -2.21. The van der Waals surface area contributed by atoms with Gasteiger partial charge in [0, 0.05) is 29.1 Å². The summed E-state index contributed by atoms with van der Waals surface area (Å²) in [5.74, 6) is 3.11. The standard InChI is InChI=1S/C54H53N4O.ClH/c1-34(2)43-19-15-20-44(35(3)4)52(43)38-28-40(56-33-57(49-23-13-12-22-48(49)56)53-36(5)16-14-17-37(53)6)31-42(29-38)59-41-24-25-46-45-18-10-11-21-47(45)58(50(46)32-41)51-30-39(26-27-55-51)54(7,8)9;/h10-35H,1-9H3;1H/q+1;/p-1. The number of rotatable bonds is 8. The molecule has 302 valence electrons. The van der Waals surface area contributed by atoms with E-state index in [0.29, 0.717) is 11.8 Å². The predicted octanol–water partition coefficient (Wildman–Crippen LogP) is 11.0. The van der Waals surface area contributed by atoms with Gasteiger partial charge in [0.1, 0.15) is 28.7 Å². The molecule has 0 aliphatic heterocycles. The molecule has 5 nitrogen and oxygen atoms in total. The fourth-order valence-corrected chi connectivity index (χ4v) is 8.90. The van der Waals surface area contributed by atoms with Crippen LogP contribution in [0, 0.1) is 13.8 Å². The molecular weight excluding hydrogens is 756 g/mol. The van der Waals surface area contributed by atoms with Crippen molar-refractivity contribution in [3.8, 4) is 39.8 Å². The molecule has 9 rings (SSSR count). The summed E-state index contributed by atoms with van der Waals surface area (Å²) in [6.45, 7) is 20.3. The molecule has 0 unspecified atom stereocenters. The molecule has 0 radical (unpaired) electrons.